The van der Waals surface area contributed by atoms with Crippen LogP contribution in [0.5, 0.6) is 0 Å². The summed E-state index contributed by atoms with van der Waals surface area (Å²) in [6.45, 7) is 4.73. The molecule has 25 heavy (non-hydrogen) atoms. The fraction of sp³-hybridized carbons (Fsp3) is 0.263. The Morgan fingerprint density at radius 1 is 1.28 bits per heavy atom. The Morgan fingerprint density at radius 3 is 2.84 bits per heavy atom. The van der Waals surface area contributed by atoms with Gasteiger partial charge in [-0.3, -0.25) is 0 Å². The molecule has 2 aromatic heterocycles. The number of nitrogens with two attached hydrogens (primary N) is 1. The van der Waals surface area contributed by atoms with Gasteiger partial charge in [0.2, 0.25) is 5.95 Å². The Hall–Kier alpha value is -2.44. The highest BCUT2D eigenvalue weighted by molar-refractivity contribution is 7.10. The molecule has 1 unspecified atom stereocenters. The number of aryl methyl sites for hydroxylation is 1. The lowest BCUT2D eigenvalue weighted by Crippen LogP contribution is -2.22. The van der Waals surface area contributed by atoms with Gasteiger partial charge >= 0.3 is 0 Å². The van der Waals surface area contributed by atoms with E-state index in [1.54, 1.807) is 17.5 Å². The molecular weight excluding hydrogens is 332 g/mol. The molecule has 128 valence electrons. The lowest BCUT2D eigenvalue weighted by molar-refractivity contribution is 0.106. The summed E-state index contributed by atoms with van der Waals surface area (Å²) in [4.78, 5) is 11.4. The van der Waals surface area contributed by atoms with Gasteiger partial charge in [-0.05, 0) is 60.5 Å². The number of hydrogen-bond donors (Lipinski definition) is 2. The van der Waals surface area contributed by atoms with Gasteiger partial charge in [-0.25, -0.2) is 4.98 Å². The van der Waals surface area contributed by atoms with Gasteiger partial charge in [0.25, 0.3) is 0 Å². The van der Waals surface area contributed by atoms with E-state index in [0.717, 1.165) is 34.9 Å². The number of aliphatic hydroxyl groups is 1. The summed E-state index contributed by atoms with van der Waals surface area (Å²) < 4.78 is 0. The summed E-state index contributed by atoms with van der Waals surface area (Å²) in [7, 11) is 0. The highest BCUT2D eigenvalue weighted by atomic mass is 32.1. The smallest absolute Gasteiger partial charge is 0.221 e. The second-order valence-corrected chi connectivity index (χ2v) is 7.49. The topological polar surface area (TPSA) is 75.3 Å². The number of anilines is 3. The molecule has 3 N–H and O–H groups in total. The molecule has 4 rings (SSSR count). The molecule has 0 fully saturated rings. The van der Waals surface area contributed by atoms with Gasteiger partial charge in [0.05, 0.1) is 0 Å². The SMILES string of the molecule is Cc1csc(C(C)(O)c2ccc3c(c2)N(c2ccnc(N)n2)CC3)c1. The van der Waals surface area contributed by atoms with Crippen molar-refractivity contribution in [1.29, 1.82) is 0 Å². The predicted octanol–water partition coefficient (Wildman–Crippen LogP) is 3.38. The third-order valence-electron chi connectivity index (χ3n) is 4.69. The van der Waals surface area contributed by atoms with Crippen LogP contribution >= 0.6 is 11.3 Å². The van der Waals surface area contributed by atoms with E-state index in [1.807, 2.05) is 32.0 Å². The van der Waals surface area contributed by atoms with Gasteiger partial charge in [-0.2, -0.15) is 4.98 Å². The van der Waals surface area contributed by atoms with E-state index in [-0.39, 0.29) is 5.95 Å². The molecule has 3 aromatic rings. The monoisotopic (exact) mass is 352 g/mol. The average molecular weight is 352 g/mol. The van der Waals surface area contributed by atoms with Crippen LogP contribution in [0.25, 0.3) is 0 Å². The fourth-order valence-corrected chi connectivity index (χ4v) is 4.25. The molecule has 0 saturated heterocycles. The molecule has 0 spiro atoms. The number of nitrogens with zero attached hydrogens (tertiary/aromatic N) is 3. The molecule has 0 aliphatic carbocycles. The molecule has 3 heterocycles. The summed E-state index contributed by atoms with van der Waals surface area (Å²) in [5, 5.41) is 13.2. The summed E-state index contributed by atoms with van der Waals surface area (Å²) >= 11 is 1.58. The zero-order valence-corrected chi connectivity index (χ0v) is 15.0. The van der Waals surface area contributed by atoms with Crippen LogP contribution in [0.3, 0.4) is 0 Å². The molecule has 1 aromatic carbocycles. The van der Waals surface area contributed by atoms with Crippen LogP contribution in [0.1, 0.15) is 28.5 Å². The Bertz CT molecular complexity index is 935. The minimum Gasteiger partial charge on any atom is -0.380 e. The molecule has 0 saturated carbocycles. The Morgan fingerprint density at radius 2 is 2.12 bits per heavy atom. The van der Waals surface area contributed by atoms with E-state index < -0.39 is 5.60 Å². The molecule has 0 radical (unpaired) electrons. The van der Waals surface area contributed by atoms with Crippen molar-refractivity contribution >= 4 is 28.8 Å². The third kappa shape index (κ3) is 2.77. The normalized spacial score (nSPS) is 15.9. The molecular formula is C19H20N4OS. The van der Waals surface area contributed by atoms with E-state index in [1.165, 1.54) is 11.1 Å². The van der Waals surface area contributed by atoms with E-state index in [2.05, 4.69) is 32.4 Å². The number of nitrogen functional groups attached to an aromatic ring is 1. The summed E-state index contributed by atoms with van der Waals surface area (Å²) in [6, 6.07) is 10.1. The molecule has 1 atom stereocenters. The largest absolute Gasteiger partial charge is 0.380 e. The Balaban J connectivity index is 1.76. The number of thiophene rings is 1. The van der Waals surface area contributed by atoms with Crippen LogP contribution in [0.4, 0.5) is 17.5 Å². The molecule has 0 bridgehead atoms. The lowest BCUT2D eigenvalue weighted by Gasteiger charge is -2.25. The van der Waals surface area contributed by atoms with Gasteiger partial charge in [0.1, 0.15) is 11.4 Å². The number of hydrogen-bond acceptors (Lipinski definition) is 6. The van der Waals surface area contributed by atoms with Crippen molar-refractivity contribution in [3.63, 3.8) is 0 Å². The predicted molar refractivity (Wildman–Crippen MR) is 101 cm³/mol. The maximum atomic E-state index is 11.1. The van der Waals surface area contributed by atoms with E-state index in [4.69, 9.17) is 5.73 Å². The molecule has 0 amide bonds. The van der Waals surface area contributed by atoms with Gasteiger partial charge in [-0.1, -0.05) is 12.1 Å². The average Bonchev–Trinajstić information content (AvgIpc) is 3.20. The molecule has 1 aliphatic heterocycles. The first-order valence-electron chi connectivity index (χ1n) is 8.22. The van der Waals surface area contributed by atoms with Crippen molar-refractivity contribution in [2.45, 2.75) is 25.9 Å². The number of aromatic nitrogens is 2. The van der Waals surface area contributed by atoms with E-state index in [0.29, 0.717) is 0 Å². The second kappa shape index (κ2) is 5.82. The van der Waals surface area contributed by atoms with Gasteiger partial charge < -0.3 is 15.7 Å². The Labute approximate surface area is 150 Å². The first-order chi connectivity index (χ1) is 11.9. The maximum absolute atomic E-state index is 11.1. The highest BCUT2D eigenvalue weighted by Gasteiger charge is 2.30. The minimum atomic E-state index is -1.02. The Kier molecular flexibility index (Phi) is 3.74. The quantitative estimate of drug-likeness (QED) is 0.756. The standard InChI is InChI=1S/C19H20N4OS/c1-12-9-16(25-11-12)19(2,24)14-4-3-13-6-8-23(15(13)10-14)17-5-7-21-18(20)22-17/h3-5,7,9-11,24H,6,8H2,1-2H3,(H2,20,21,22). The van der Waals surface area contributed by atoms with Gasteiger partial charge in [0, 0.05) is 23.3 Å². The first kappa shape index (κ1) is 16.1. The van der Waals surface area contributed by atoms with Gasteiger partial charge in [-0.15, -0.1) is 11.3 Å². The van der Waals surface area contributed by atoms with Crippen LogP contribution in [0.15, 0.2) is 41.9 Å². The van der Waals surface area contributed by atoms with Crippen molar-refractivity contribution in [1.82, 2.24) is 9.97 Å². The van der Waals surface area contributed by atoms with Crippen molar-refractivity contribution in [3.8, 4) is 0 Å². The number of fused-ring (bicyclic) bond motifs is 1. The van der Waals surface area contributed by atoms with Crippen molar-refractivity contribution in [2.75, 3.05) is 17.2 Å². The minimum absolute atomic E-state index is 0.267. The third-order valence-corrected chi connectivity index (χ3v) is 5.95. The van der Waals surface area contributed by atoms with E-state index >= 15 is 0 Å². The zero-order chi connectivity index (χ0) is 17.6. The van der Waals surface area contributed by atoms with Gasteiger partial charge in [0.15, 0.2) is 0 Å². The van der Waals surface area contributed by atoms with Crippen LogP contribution in [0, 0.1) is 6.92 Å². The van der Waals surface area contributed by atoms with Crippen molar-refractivity contribution in [3.05, 3.63) is 63.5 Å². The number of rotatable bonds is 3. The molecule has 5 nitrogen and oxygen atoms in total. The lowest BCUT2D eigenvalue weighted by atomic mass is 9.92. The van der Waals surface area contributed by atoms with Crippen molar-refractivity contribution in [2.24, 2.45) is 0 Å². The number of benzene rings is 1. The van der Waals surface area contributed by atoms with Crippen LogP contribution in [-0.2, 0) is 12.0 Å². The van der Waals surface area contributed by atoms with Crippen LogP contribution in [-0.4, -0.2) is 21.6 Å². The molecule has 1 aliphatic rings. The fourth-order valence-electron chi connectivity index (χ4n) is 3.26. The van der Waals surface area contributed by atoms with Crippen molar-refractivity contribution < 1.29 is 5.11 Å². The van der Waals surface area contributed by atoms with Crippen LogP contribution in [0.2, 0.25) is 0 Å². The summed E-state index contributed by atoms with van der Waals surface area (Å²) in [6.07, 6.45) is 2.61. The first-order valence-corrected chi connectivity index (χ1v) is 9.10. The van der Waals surface area contributed by atoms with E-state index in [9.17, 15) is 5.11 Å². The maximum Gasteiger partial charge on any atom is 0.221 e. The summed E-state index contributed by atoms with van der Waals surface area (Å²) in [5.41, 5.74) is 9.08. The molecule has 6 heteroatoms. The summed E-state index contributed by atoms with van der Waals surface area (Å²) in [5.74, 6) is 1.05. The second-order valence-electron chi connectivity index (χ2n) is 6.58. The zero-order valence-electron chi connectivity index (χ0n) is 14.2. The highest BCUT2D eigenvalue weighted by Crippen LogP contribution is 2.39. The van der Waals surface area contributed by atoms with Crippen LogP contribution < -0.4 is 10.6 Å².